The predicted octanol–water partition coefficient (Wildman–Crippen LogP) is 2.98. The van der Waals surface area contributed by atoms with Crippen molar-refractivity contribution in [1.82, 2.24) is 20.0 Å². The van der Waals surface area contributed by atoms with Crippen LogP contribution in [0.3, 0.4) is 0 Å². The molecule has 23 heavy (non-hydrogen) atoms. The fraction of sp³-hybridized carbons (Fsp3) is 0.294. The molecule has 0 bridgehead atoms. The first-order chi connectivity index (χ1) is 11.2. The lowest BCUT2D eigenvalue weighted by Crippen LogP contribution is -2.04. The molecular weight excluding hydrogens is 292 g/mol. The van der Waals surface area contributed by atoms with E-state index in [1.165, 1.54) is 5.56 Å². The van der Waals surface area contributed by atoms with Gasteiger partial charge in [0.15, 0.2) is 0 Å². The number of aryl methyl sites for hydroxylation is 2. The summed E-state index contributed by atoms with van der Waals surface area (Å²) in [5.74, 6) is 1.57. The Morgan fingerprint density at radius 1 is 1.00 bits per heavy atom. The summed E-state index contributed by atoms with van der Waals surface area (Å²) in [4.78, 5) is 0. The zero-order chi connectivity index (χ0) is 16.7. The number of aromatic amines is 1. The van der Waals surface area contributed by atoms with E-state index in [0.29, 0.717) is 0 Å². The van der Waals surface area contributed by atoms with Crippen LogP contribution in [-0.4, -0.2) is 34.2 Å². The van der Waals surface area contributed by atoms with Gasteiger partial charge in [0.25, 0.3) is 0 Å². The van der Waals surface area contributed by atoms with E-state index in [2.05, 4.69) is 27.4 Å². The van der Waals surface area contributed by atoms with Crippen LogP contribution in [0.1, 0.15) is 16.7 Å². The Labute approximate surface area is 136 Å². The second kappa shape index (κ2) is 8.03. The number of methoxy groups -OCH3 is 2. The Kier molecular flexibility index (Phi) is 5.80. The van der Waals surface area contributed by atoms with E-state index in [0.717, 1.165) is 29.4 Å². The van der Waals surface area contributed by atoms with Gasteiger partial charge in [0.2, 0.25) is 11.8 Å². The average Bonchev–Trinajstić information content (AvgIpc) is 3.14. The van der Waals surface area contributed by atoms with Gasteiger partial charge in [-0.05, 0) is 19.4 Å². The molecule has 0 amide bonds. The molecule has 0 aliphatic carbocycles. The van der Waals surface area contributed by atoms with Crippen LogP contribution in [0.2, 0.25) is 0 Å². The maximum atomic E-state index is 5.29. The van der Waals surface area contributed by atoms with E-state index in [-0.39, 0.29) is 0 Å². The lowest BCUT2D eigenvalue weighted by Gasteiger charge is -2.06. The van der Waals surface area contributed by atoms with Gasteiger partial charge in [0.1, 0.15) is 0 Å². The van der Waals surface area contributed by atoms with E-state index >= 15 is 0 Å². The highest BCUT2D eigenvalue weighted by molar-refractivity contribution is 5.24. The molecule has 122 valence electrons. The molecule has 6 heteroatoms. The first-order valence-electron chi connectivity index (χ1n) is 7.30. The fourth-order valence-electron chi connectivity index (χ4n) is 2.14. The van der Waals surface area contributed by atoms with Gasteiger partial charge < -0.3 is 9.47 Å². The predicted molar refractivity (Wildman–Crippen MR) is 88.9 cm³/mol. The molecule has 1 N–H and O–H groups in total. The Morgan fingerprint density at radius 3 is 2.26 bits per heavy atom. The van der Waals surface area contributed by atoms with E-state index < -0.39 is 0 Å². The van der Waals surface area contributed by atoms with Crippen molar-refractivity contribution in [2.75, 3.05) is 14.2 Å². The van der Waals surface area contributed by atoms with Crippen LogP contribution in [0, 0.1) is 13.8 Å². The highest BCUT2D eigenvalue weighted by Gasteiger charge is 2.07. The lowest BCUT2D eigenvalue weighted by molar-refractivity contribution is 0.364. The minimum Gasteiger partial charge on any atom is -0.481 e. The van der Waals surface area contributed by atoms with Crippen LogP contribution in [0.4, 0.5) is 0 Å². The zero-order valence-electron chi connectivity index (χ0n) is 13.9. The summed E-state index contributed by atoms with van der Waals surface area (Å²) in [5, 5.41) is 10.7. The standard InChI is InChI=1S/C12H14N2O.C5H8N2O/c1-10-8-13-14(12(10)15-2)9-11-6-4-3-5-7-11;1-4-3-6-7-5(4)8-2/h3-8H,9H2,1-2H3;3H,1-2H3,(H,6,7). The van der Waals surface area contributed by atoms with Crippen molar-refractivity contribution >= 4 is 0 Å². The van der Waals surface area contributed by atoms with E-state index in [9.17, 15) is 0 Å². The van der Waals surface area contributed by atoms with Gasteiger partial charge >= 0.3 is 0 Å². The summed E-state index contributed by atoms with van der Waals surface area (Å²) in [6.07, 6.45) is 3.54. The van der Waals surface area contributed by atoms with Gasteiger partial charge in [0, 0.05) is 11.1 Å². The van der Waals surface area contributed by atoms with Crippen molar-refractivity contribution in [3.8, 4) is 11.8 Å². The number of hydrogen-bond acceptors (Lipinski definition) is 4. The van der Waals surface area contributed by atoms with Crippen LogP contribution < -0.4 is 9.47 Å². The van der Waals surface area contributed by atoms with E-state index in [4.69, 9.17) is 9.47 Å². The summed E-state index contributed by atoms with van der Waals surface area (Å²) >= 11 is 0. The molecule has 3 rings (SSSR count). The van der Waals surface area contributed by atoms with Crippen LogP contribution in [0.25, 0.3) is 0 Å². The lowest BCUT2D eigenvalue weighted by atomic mass is 10.2. The third-order valence-electron chi connectivity index (χ3n) is 3.32. The normalized spacial score (nSPS) is 9.91. The molecule has 0 atom stereocenters. The van der Waals surface area contributed by atoms with Crippen molar-refractivity contribution in [2.45, 2.75) is 20.4 Å². The minimum atomic E-state index is 0.741. The maximum absolute atomic E-state index is 5.29. The SMILES string of the molecule is COc1[nH]ncc1C.COc1c(C)cnn1Cc1ccccc1. The van der Waals surface area contributed by atoms with Gasteiger partial charge in [-0.3, -0.25) is 0 Å². The second-order valence-corrected chi connectivity index (χ2v) is 5.07. The monoisotopic (exact) mass is 314 g/mol. The summed E-state index contributed by atoms with van der Waals surface area (Å²) < 4.78 is 12.0. The number of ether oxygens (including phenoxy) is 2. The third-order valence-corrected chi connectivity index (χ3v) is 3.32. The van der Waals surface area contributed by atoms with Crippen molar-refractivity contribution in [1.29, 1.82) is 0 Å². The molecule has 0 saturated carbocycles. The van der Waals surface area contributed by atoms with Gasteiger partial charge in [-0.25, -0.2) is 9.78 Å². The molecule has 0 aliphatic heterocycles. The molecule has 0 spiro atoms. The van der Waals surface area contributed by atoms with Gasteiger partial charge in [-0.2, -0.15) is 10.2 Å². The molecule has 2 aromatic heterocycles. The van der Waals surface area contributed by atoms with Gasteiger partial charge in [0.05, 0.1) is 33.2 Å². The number of rotatable bonds is 4. The highest BCUT2D eigenvalue weighted by atomic mass is 16.5. The summed E-state index contributed by atoms with van der Waals surface area (Å²) in [6.45, 7) is 4.67. The van der Waals surface area contributed by atoms with E-state index in [1.54, 1.807) is 20.4 Å². The fourth-order valence-corrected chi connectivity index (χ4v) is 2.14. The third kappa shape index (κ3) is 4.35. The first kappa shape index (κ1) is 16.6. The molecule has 2 heterocycles. The van der Waals surface area contributed by atoms with Crippen LogP contribution in [-0.2, 0) is 6.54 Å². The van der Waals surface area contributed by atoms with Crippen molar-refractivity contribution < 1.29 is 9.47 Å². The smallest absolute Gasteiger partial charge is 0.214 e. The Morgan fingerprint density at radius 2 is 1.74 bits per heavy atom. The quantitative estimate of drug-likeness (QED) is 0.804. The van der Waals surface area contributed by atoms with Crippen molar-refractivity contribution in [2.24, 2.45) is 0 Å². The van der Waals surface area contributed by atoms with Gasteiger partial charge in [-0.15, -0.1) is 0 Å². The summed E-state index contributed by atoms with van der Waals surface area (Å²) in [5.41, 5.74) is 3.32. The average molecular weight is 314 g/mol. The number of benzene rings is 1. The van der Waals surface area contributed by atoms with Crippen LogP contribution >= 0.6 is 0 Å². The highest BCUT2D eigenvalue weighted by Crippen LogP contribution is 2.17. The first-order valence-corrected chi connectivity index (χ1v) is 7.30. The number of nitrogens with one attached hydrogen (secondary N) is 1. The molecule has 0 radical (unpaired) electrons. The van der Waals surface area contributed by atoms with E-state index in [1.807, 2.05) is 42.9 Å². The number of nitrogens with zero attached hydrogens (tertiary/aromatic N) is 3. The minimum absolute atomic E-state index is 0.741. The number of aromatic nitrogens is 4. The Hall–Kier alpha value is -2.76. The second-order valence-electron chi connectivity index (χ2n) is 5.07. The number of H-pyrrole nitrogens is 1. The molecule has 0 saturated heterocycles. The largest absolute Gasteiger partial charge is 0.481 e. The molecular formula is C17H22N4O2. The Bertz CT molecular complexity index is 719. The molecule has 6 nitrogen and oxygen atoms in total. The Balaban J connectivity index is 0.000000203. The summed E-state index contributed by atoms with van der Waals surface area (Å²) in [6, 6.07) is 10.2. The summed E-state index contributed by atoms with van der Waals surface area (Å²) in [7, 11) is 3.28. The molecule has 3 aromatic rings. The van der Waals surface area contributed by atoms with Crippen molar-refractivity contribution in [3.05, 3.63) is 59.4 Å². The van der Waals surface area contributed by atoms with Gasteiger partial charge in [-0.1, -0.05) is 30.3 Å². The van der Waals surface area contributed by atoms with Crippen LogP contribution in [0.5, 0.6) is 11.8 Å². The molecule has 1 aromatic carbocycles. The van der Waals surface area contributed by atoms with Crippen LogP contribution in [0.15, 0.2) is 42.7 Å². The molecule has 0 aliphatic rings. The van der Waals surface area contributed by atoms with Crippen molar-refractivity contribution in [3.63, 3.8) is 0 Å². The topological polar surface area (TPSA) is 65.0 Å². The maximum Gasteiger partial charge on any atom is 0.214 e. The number of hydrogen-bond donors (Lipinski definition) is 1. The molecule has 0 fully saturated rings. The molecule has 0 unspecified atom stereocenters. The zero-order valence-corrected chi connectivity index (χ0v) is 13.9.